The maximum Gasteiger partial charge on any atom is 0.468 e. The molecule has 1 aliphatic carbocycles. The van der Waals surface area contributed by atoms with E-state index < -0.39 is 28.5 Å². The van der Waals surface area contributed by atoms with Gasteiger partial charge in [-0.25, -0.2) is 0 Å². The Kier molecular flexibility index (Phi) is 8.01. The van der Waals surface area contributed by atoms with Crippen LogP contribution in [0.15, 0.2) is 97.1 Å². The van der Waals surface area contributed by atoms with Crippen LogP contribution in [0.3, 0.4) is 0 Å². The molecule has 5 rings (SSSR count). The zero-order valence-corrected chi connectivity index (χ0v) is 26.1. The molecular weight excluding hydrogens is 576 g/mol. The average molecular weight is 611 g/mol. The van der Waals surface area contributed by atoms with Crippen molar-refractivity contribution >= 4 is 0 Å². The smallest absolute Gasteiger partial charge is 0.423 e. The Labute approximate surface area is 262 Å². The maximum absolute atomic E-state index is 14.6. The Hall–Kier alpha value is -4.68. The summed E-state index contributed by atoms with van der Waals surface area (Å²) in [5.74, 6) is 8.85. The molecule has 0 aliphatic heterocycles. The molecule has 1 aliphatic rings. The zero-order valence-electron chi connectivity index (χ0n) is 26.1. The van der Waals surface area contributed by atoms with Gasteiger partial charge in [-0.2, -0.15) is 17.6 Å². The third-order valence-corrected chi connectivity index (χ3v) is 7.19. The zero-order chi connectivity index (χ0) is 32.7. The molecule has 230 valence electrons. The Morgan fingerprint density at radius 3 is 1.13 bits per heavy atom. The number of hydrogen-bond acceptors (Lipinski definition) is 2. The van der Waals surface area contributed by atoms with Crippen LogP contribution in [0.4, 0.5) is 17.6 Å². The van der Waals surface area contributed by atoms with Crippen molar-refractivity contribution in [2.24, 2.45) is 10.8 Å². The average Bonchev–Trinajstić information content (AvgIpc) is 3.26. The van der Waals surface area contributed by atoms with E-state index in [0.717, 1.165) is 33.4 Å². The van der Waals surface area contributed by atoms with Gasteiger partial charge in [-0.1, -0.05) is 84.6 Å². The predicted molar refractivity (Wildman–Crippen MR) is 169 cm³/mol. The van der Waals surface area contributed by atoms with Gasteiger partial charge in [0.15, 0.2) is 0 Å². The van der Waals surface area contributed by atoms with Crippen LogP contribution >= 0.6 is 0 Å². The minimum absolute atomic E-state index is 0.0379. The molecule has 0 heterocycles. The van der Waals surface area contributed by atoms with Crippen LogP contribution in [0.2, 0.25) is 0 Å². The van der Waals surface area contributed by atoms with Gasteiger partial charge in [0.2, 0.25) is 0 Å². The minimum atomic E-state index is -3.67. The molecule has 0 aromatic heterocycles. The van der Waals surface area contributed by atoms with Crippen molar-refractivity contribution in [3.8, 4) is 46.3 Å². The lowest BCUT2D eigenvalue weighted by Crippen LogP contribution is -2.29. The molecule has 0 radical (unpaired) electrons. The Balaban J connectivity index is 1.59. The highest BCUT2D eigenvalue weighted by Crippen LogP contribution is 2.56. The van der Waals surface area contributed by atoms with Crippen LogP contribution in [0.5, 0.6) is 11.5 Å². The summed E-state index contributed by atoms with van der Waals surface area (Å²) in [5, 5.41) is 0. The van der Waals surface area contributed by atoms with E-state index in [2.05, 4.69) is 11.8 Å². The molecule has 6 heteroatoms. The highest BCUT2D eigenvalue weighted by molar-refractivity contribution is 5.86. The molecule has 0 N–H and O–H groups in total. The van der Waals surface area contributed by atoms with Crippen molar-refractivity contribution in [1.82, 2.24) is 0 Å². The summed E-state index contributed by atoms with van der Waals surface area (Å²) in [5.41, 5.74) is 3.44. The van der Waals surface area contributed by atoms with Gasteiger partial charge >= 0.3 is 12.2 Å². The van der Waals surface area contributed by atoms with E-state index in [-0.39, 0.29) is 11.5 Å². The Morgan fingerprint density at radius 1 is 0.467 bits per heavy atom. The van der Waals surface area contributed by atoms with E-state index in [0.29, 0.717) is 0 Å². The summed E-state index contributed by atoms with van der Waals surface area (Å²) in [6.07, 6.45) is -7.34. The minimum Gasteiger partial charge on any atom is -0.423 e. The molecule has 4 aromatic rings. The summed E-state index contributed by atoms with van der Waals surface area (Å²) in [7, 11) is 0. The van der Waals surface area contributed by atoms with Crippen molar-refractivity contribution in [2.45, 2.75) is 59.2 Å². The summed E-state index contributed by atoms with van der Waals surface area (Å²) in [6, 6.07) is 28.9. The van der Waals surface area contributed by atoms with Crippen molar-refractivity contribution in [3.63, 3.8) is 0 Å². The van der Waals surface area contributed by atoms with E-state index in [1.165, 1.54) is 24.3 Å². The van der Waals surface area contributed by atoms with Crippen molar-refractivity contribution in [2.75, 3.05) is 0 Å². The molecule has 0 amide bonds. The second kappa shape index (κ2) is 11.4. The fraction of sp³-hybridized carbons (Fsp3) is 0.282. The van der Waals surface area contributed by atoms with Crippen molar-refractivity contribution in [3.05, 3.63) is 119 Å². The number of fused-ring (bicyclic) bond motifs is 3. The second-order valence-corrected chi connectivity index (χ2v) is 13.1. The summed E-state index contributed by atoms with van der Waals surface area (Å²) < 4.78 is 68.3. The Morgan fingerprint density at radius 2 is 0.800 bits per heavy atom. The number of ether oxygens (including phenoxy) is 2. The van der Waals surface area contributed by atoms with Gasteiger partial charge < -0.3 is 9.47 Å². The maximum atomic E-state index is 14.6. The fourth-order valence-electron chi connectivity index (χ4n) is 5.44. The largest absolute Gasteiger partial charge is 0.468 e. The third kappa shape index (κ3) is 6.86. The molecule has 2 nitrogen and oxygen atoms in total. The van der Waals surface area contributed by atoms with Crippen molar-refractivity contribution in [1.29, 1.82) is 0 Å². The van der Waals surface area contributed by atoms with Crippen LogP contribution in [0.1, 0.15) is 63.8 Å². The topological polar surface area (TPSA) is 18.5 Å². The van der Waals surface area contributed by atoms with Gasteiger partial charge in [-0.15, -0.1) is 0 Å². The predicted octanol–water partition coefficient (Wildman–Crippen LogP) is 10.1. The van der Waals surface area contributed by atoms with Gasteiger partial charge in [0, 0.05) is 22.7 Å². The molecule has 0 saturated carbocycles. The molecule has 0 bridgehead atoms. The van der Waals surface area contributed by atoms with Crippen LogP contribution in [-0.4, -0.2) is 12.2 Å². The molecule has 4 aromatic carbocycles. The van der Waals surface area contributed by atoms with Crippen molar-refractivity contribution < 1.29 is 27.0 Å². The van der Waals surface area contributed by atoms with Gasteiger partial charge in [-0.05, 0) is 99.2 Å². The third-order valence-electron chi connectivity index (χ3n) is 7.19. The first-order chi connectivity index (χ1) is 21.0. The molecule has 0 fully saturated rings. The van der Waals surface area contributed by atoms with Crippen LogP contribution < -0.4 is 9.47 Å². The van der Waals surface area contributed by atoms with E-state index >= 15 is 0 Å². The second-order valence-electron chi connectivity index (χ2n) is 13.1. The van der Waals surface area contributed by atoms with Gasteiger partial charge in [0.25, 0.3) is 0 Å². The monoisotopic (exact) mass is 610 g/mol. The summed E-state index contributed by atoms with van der Waals surface area (Å²) >= 11 is 0. The highest BCUT2D eigenvalue weighted by atomic mass is 19.3. The number of benzene rings is 4. The molecule has 0 unspecified atom stereocenters. The number of halogens is 4. The lowest BCUT2D eigenvalue weighted by atomic mass is 9.68. The van der Waals surface area contributed by atoms with E-state index in [1.807, 2.05) is 60.4 Å². The van der Waals surface area contributed by atoms with E-state index in [9.17, 15) is 17.6 Å². The van der Waals surface area contributed by atoms with Gasteiger partial charge in [0.05, 0.1) is 5.41 Å². The molecule has 0 saturated heterocycles. The quantitative estimate of drug-likeness (QED) is 0.141. The normalized spacial score (nSPS) is 13.8. The summed E-state index contributed by atoms with van der Waals surface area (Å²) in [4.78, 5) is 0. The highest BCUT2D eigenvalue weighted by Gasteiger charge is 2.46. The molecule has 0 atom stereocenters. The van der Waals surface area contributed by atoms with Gasteiger partial charge in [0.1, 0.15) is 11.5 Å². The van der Waals surface area contributed by atoms with Crippen LogP contribution in [0.25, 0.3) is 11.1 Å². The van der Waals surface area contributed by atoms with E-state index in [1.54, 1.807) is 65.8 Å². The molecular formula is C39H34F4O2. The fourth-order valence-corrected chi connectivity index (χ4v) is 5.44. The first kappa shape index (κ1) is 31.7. The standard InChI is InChI=1S/C39H34F4O2/c1-35(2,3)23-25-37(40,41)44-29-19-15-27(16-20-29)39(33-13-9-7-11-31(33)32-12-8-10-14-34(32)39)28-17-21-30(22-18-28)45-38(42,43)26-24-36(4,5)6/h7-22H,1-6H3. The first-order valence-corrected chi connectivity index (χ1v) is 14.6. The summed E-state index contributed by atoms with van der Waals surface area (Å²) in [6.45, 7) is 10.5. The first-order valence-electron chi connectivity index (χ1n) is 14.6. The SMILES string of the molecule is CC(C)(C)C#CC(F)(F)Oc1ccc(C2(c3ccc(OC(F)(F)C#CC(C)(C)C)cc3)c3ccccc3-c3ccccc32)cc1. The molecule has 45 heavy (non-hydrogen) atoms. The number of rotatable bonds is 6. The van der Waals surface area contributed by atoms with Crippen LogP contribution in [-0.2, 0) is 5.41 Å². The lowest BCUT2D eigenvalue weighted by Gasteiger charge is -2.34. The Bertz CT molecular complexity index is 1680. The van der Waals surface area contributed by atoms with Gasteiger partial charge in [-0.3, -0.25) is 0 Å². The number of alkyl halides is 4. The van der Waals surface area contributed by atoms with E-state index in [4.69, 9.17) is 9.47 Å². The number of hydrogen-bond donors (Lipinski definition) is 0. The molecule has 0 spiro atoms. The van der Waals surface area contributed by atoms with Crippen LogP contribution in [0, 0.1) is 34.5 Å². The lowest BCUT2D eigenvalue weighted by molar-refractivity contribution is -0.123.